The average molecular weight is 565 g/mol. The van der Waals surface area contributed by atoms with E-state index in [2.05, 4.69) is 64.5 Å². The van der Waals surface area contributed by atoms with E-state index in [1.807, 2.05) is 42.0 Å². The van der Waals surface area contributed by atoms with Crippen LogP contribution in [0.1, 0.15) is 24.8 Å². The Hall–Kier alpha value is -4.35. The number of hydrogen-bond acceptors (Lipinski definition) is 9. The first-order valence-electron chi connectivity index (χ1n) is 14.8. The second-order valence-electron chi connectivity index (χ2n) is 11.1. The van der Waals surface area contributed by atoms with Crippen LogP contribution in [0, 0.1) is 0 Å². The summed E-state index contributed by atoms with van der Waals surface area (Å²) in [6.07, 6.45) is 11.0. The van der Waals surface area contributed by atoms with Gasteiger partial charge in [-0.3, -0.25) is 9.30 Å². The molecule has 0 radical (unpaired) electrons. The molecule has 1 saturated carbocycles. The number of anilines is 1. The molecule has 0 atom stereocenters. The smallest absolute Gasteiger partial charge is 0.140 e. The quantitative estimate of drug-likeness (QED) is 0.240. The van der Waals surface area contributed by atoms with Crippen molar-refractivity contribution in [1.82, 2.24) is 44.1 Å². The molecule has 0 amide bonds. The van der Waals surface area contributed by atoms with E-state index < -0.39 is 0 Å². The van der Waals surface area contributed by atoms with Gasteiger partial charge in [0.05, 0.1) is 30.4 Å². The lowest BCUT2D eigenvalue weighted by Gasteiger charge is -2.34. The van der Waals surface area contributed by atoms with Crippen LogP contribution in [0.25, 0.3) is 28.3 Å². The van der Waals surface area contributed by atoms with Gasteiger partial charge in [-0.05, 0) is 30.9 Å². The van der Waals surface area contributed by atoms with Crippen LogP contribution in [-0.2, 0) is 13.6 Å². The van der Waals surface area contributed by atoms with Crippen molar-refractivity contribution in [3.8, 4) is 28.4 Å². The summed E-state index contributed by atoms with van der Waals surface area (Å²) in [4.78, 5) is 20.3. The van der Waals surface area contributed by atoms with Crippen LogP contribution in [0.15, 0.2) is 67.4 Å². The number of nitrogens with zero attached hydrogens (tertiary/aromatic N) is 9. The van der Waals surface area contributed by atoms with Gasteiger partial charge in [0.2, 0.25) is 0 Å². The standard InChI is InChI=1S/C31H36N10O/c1-38-36-20-28(37-38)24-5-3-23(4-6-24)19-32-30-18-27(34-22-35-30)29-21-33-31-17-26(9-11-41(29)31)42-16-2-10-39-12-14-40(15-13-39)25-7-8-25/h3-6,9,11,17-18,20-22,25H,2,7-8,10,12-16,19H2,1H3,(H,32,34,35). The third kappa shape index (κ3) is 6.12. The number of rotatable bonds is 11. The monoisotopic (exact) mass is 564 g/mol. The maximum Gasteiger partial charge on any atom is 0.140 e. The minimum atomic E-state index is 0.641. The molecule has 4 aromatic heterocycles. The molecule has 216 valence electrons. The number of nitrogens with one attached hydrogen (secondary N) is 1. The first kappa shape index (κ1) is 26.5. The Kier molecular flexibility index (Phi) is 7.50. The van der Waals surface area contributed by atoms with Crippen molar-refractivity contribution >= 4 is 11.5 Å². The summed E-state index contributed by atoms with van der Waals surface area (Å²) >= 11 is 0. The van der Waals surface area contributed by atoms with Gasteiger partial charge in [0.25, 0.3) is 0 Å². The fraction of sp³-hybridized carbons (Fsp3) is 0.387. The van der Waals surface area contributed by atoms with Crippen LogP contribution in [0.4, 0.5) is 5.82 Å². The average Bonchev–Trinajstić information content (AvgIpc) is 3.65. The normalized spacial score (nSPS) is 16.2. The van der Waals surface area contributed by atoms with E-state index in [-0.39, 0.29) is 0 Å². The summed E-state index contributed by atoms with van der Waals surface area (Å²) in [5.41, 5.74) is 5.57. The number of benzene rings is 1. The molecular formula is C31H36N10O. The van der Waals surface area contributed by atoms with Crippen molar-refractivity contribution in [1.29, 1.82) is 0 Å². The molecule has 1 aromatic carbocycles. The fourth-order valence-electron chi connectivity index (χ4n) is 5.57. The van der Waals surface area contributed by atoms with Crippen molar-refractivity contribution in [2.45, 2.75) is 31.8 Å². The van der Waals surface area contributed by atoms with E-state index in [4.69, 9.17) is 4.74 Å². The van der Waals surface area contributed by atoms with Crippen molar-refractivity contribution in [2.75, 3.05) is 44.6 Å². The molecule has 11 nitrogen and oxygen atoms in total. The largest absolute Gasteiger partial charge is 0.493 e. The number of fused-ring (bicyclic) bond motifs is 1. The minimum Gasteiger partial charge on any atom is -0.493 e. The lowest BCUT2D eigenvalue weighted by molar-refractivity contribution is 0.121. The molecule has 1 aliphatic heterocycles. The van der Waals surface area contributed by atoms with Crippen molar-refractivity contribution in [3.63, 3.8) is 0 Å². The number of hydrogen-bond donors (Lipinski definition) is 1. The summed E-state index contributed by atoms with van der Waals surface area (Å²) in [5.74, 6) is 1.59. The molecule has 1 aliphatic carbocycles. The number of aryl methyl sites for hydroxylation is 1. The third-order valence-corrected chi connectivity index (χ3v) is 8.09. The van der Waals surface area contributed by atoms with E-state index in [0.29, 0.717) is 13.2 Å². The Bertz CT molecular complexity index is 1630. The molecule has 2 aliphatic rings. The predicted molar refractivity (Wildman–Crippen MR) is 161 cm³/mol. The second kappa shape index (κ2) is 11.9. The Labute approximate surface area is 245 Å². The Morgan fingerprint density at radius 2 is 1.79 bits per heavy atom. The lowest BCUT2D eigenvalue weighted by atomic mass is 10.1. The molecule has 1 saturated heterocycles. The number of pyridine rings is 1. The highest BCUT2D eigenvalue weighted by atomic mass is 16.5. The van der Waals surface area contributed by atoms with E-state index in [1.54, 1.807) is 17.3 Å². The number of piperazine rings is 1. The topological polar surface area (TPSA) is 102 Å². The van der Waals surface area contributed by atoms with Gasteiger partial charge in [0.15, 0.2) is 0 Å². The highest BCUT2D eigenvalue weighted by Gasteiger charge is 2.30. The summed E-state index contributed by atoms with van der Waals surface area (Å²) < 4.78 is 8.11. The molecule has 2 fully saturated rings. The van der Waals surface area contributed by atoms with Crippen LogP contribution in [0.5, 0.6) is 5.75 Å². The van der Waals surface area contributed by atoms with Gasteiger partial charge < -0.3 is 15.0 Å². The SMILES string of the molecule is Cn1ncc(-c2ccc(CNc3cc(-c4cnc5cc(OCCCN6CCN(C7CC7)CC6)ccn45)ncn3)cc2)n1. The van der Waals surface area contributed by atoms with Gasteiger partial charge in [-0.15, -0.1) is 0 Å². The molecule has 0 spiro atoms. The Morgan fingerprint density at radius 1 is 0.929 bits per heavy atom. The van der Waals surface area contributed by atoms with Crippen LogP contribution < -0.4 is 10.1 Å². The van der Waals surface area contributed by atoms with Crippen LogP contribution >= 0.6 is 0 Å². The highest BCUT2D eigenvalue weighted by Crippen LogP contribution is 2.27. The molecule has 1 N–H and O–H groups in total. The van der Waals surface area contributed by atoms with E-state index in [9.17, 15) is 0 Å². The van der Waals surface area contributed by atoms with Crippen molar-refractivity contribution in [2.24, 2.45) is 7.05 Å². The molecule has 5 heterocycles. The zero-order valence-electron chi connectivity index (χ0n) is 23.9. The van der Waals surface area contributed by atoms with Gasteiger partial charge >= 0.3 is 0 Å². The van der Waals surface area contributed by atoms with E-state index >= 15 is 0 Å². The molecule has 0 bridgehead atoms. The second-order valence-corrected chi connectivity index (χ2v) is 11.1. The van der Waals surface area contributed by atoms with E-state index in [0.717, 1.165) is 64.4 Å². The lowest BCUT2D eigenvalue weighted by Crippen LogP contribution is -2.47. The van der Waals surface area contributed by atoms with Gasteiger partial charge in [-0.25, -0.2) is 15.0 Å². The van der Waals surface area contributed by atoms with E-state index in [1.165, 1.54) is 39.0 Å². The summed E-state index contributed by atoms with van der Waals surface area (Å²) in [7, 11) is 1.82. The molecule has 5 aromatic rings. The Morgan fingerprint density at radius 3 is 2.57 bits per heavy atom. The van der Waals surface area contributed by atoms with Crippen LogP contribution in [0.2, 0.25) is 0 Å². The van der Waals surface area contributed by atoms with Crippen LogP contribution in [0.3, 0.4) is 0 Å². The number of aromatic nitrogens is 7. The number of imidazole rings is 1. The van der Waals surface area contributed by atoms with Crippen LogP contribution in [-0.4, -0.2) is 89.5 Å². The van der Waals surface area contributed by atoms with Gasteiger partial charge in [-0.1, -0.05) is 24.3 Å². The number of ether oxygens (including phenoxy) is 1. The zero-order valence-corrected chi connectivity index (χ0v) is 23.9. The fourth-order valence-corrected chi connectivity index (χ4v) is 5.57. The minimum absolute atomic E-state index is 0.641. The first-order valence-corrected chi connectivity index (χ1v) is 14.8. The molecular weight excluding hydrogens is 528 g/mol. The zero-order chi connectivity index (χ0) is 28.3. The molecule has 42 heavy (non-hydrogen) atoms. The predicted octanol–water partition coefficient (Wildman–Crippen LogP) is 3.75. The first-order chi connectivity index (χ1) is 20.7. The van der Waals surface area contributed by atoms with Gasteiger partial charge in [-0.2, -0.15) is 15.0 Å². The maximum absolute atomic E-state index is 6.08. The summed E-state index contributed by atoms with van der Waals surface area (Å²) in [6, 6.07) is 15.1. The molecule has 11 heteroatoms. The Balaban J connectivity index is 0.925. The highest BCUT2D eigenvalue weighted by molar-refractivity contribution is 5.63. The third-order valence-electron chi connectivity index (χ3n) is 8.09. The van der Waals surface area contributed by atoms with Crippen molar-refractivity contribution in [3.05, 3.63) is 72.9 Å². The summed E-state index contributed by atoms with van der Waals surface area (Å²) in [5, 5.41) is 11.9. The van der Waals surface area contributed by atoms with Crippen molar-refractivity contribution < 1.29 is 4.74 Å². The maximum atomic E-state index is 6.08. The summed E-state index contributed by atoms with van der Waals surface area (Å²) in [6.45, 7) is 7.22. The van der Waals surface area contributed by atoms with Gasteiger partial charge in [0.1, 0.15) is 29.2 Å². The molecule has 0 unspecified atom stereocenters. The van der Waals surface area contributed by atoms with Gasteiger partial charge in [0, 0.05) is 76.3 Å². The molecule has 7 rings (SSSR count).